The highest BCUT2D eigenvalue weighted by Crippen LogP contribution is 2.42. The molecular formula is C21H15Cl2NS. The van der Waals surface area contributed by atoms with Gasteiger partial charge in [0.1, 0.15) is 0 Å². The van der Waals surface area contributed by atoms with E-state index >= 15 is 0 Å². The quantitative estimate of drug-likeness (QED) is 0.463. The van der Waals surface area contributed by atoms with Crippen LogP contribution in [0.1, 0.15) is 17.0 Å². The summed E-state index contributed by atoms with van der Waals surface area (Å²) >= 11 is 14.9. The van der Waals surface area contributed by atoms with E-state index in [0.29, 0.717) is 10.0 Å². The molecule has 0 amide bonds. The van der Waals surface area contributed by atoms with E-state index in [1.54, 1.807) is 11.8 Å². The molecule has 0 spiro atoms. The van der Waals surface area contributed by atoms with Crippen LogP contribution in [-0.4, -0.2) is 11.5 Å². The van der Waals surface area contributed by atoms with Crippen LogP contribution in [0.5, 0.6) is 0 Å². The molecule has 3 aromatic rings. The Morgan fingerprint density at radius 1 is 0.800 bits per heavy atom. The second-order valence-electron chi connectivity index (χ2n) is 5.83. The minimum Gasteiger partial charge on any atom is -0.251 e. The summed E-state index contributed by atoms with van der Waals surface area (Å²) in [6.45, 7) is 0. The number of halogens is 2. The zero-order chi connectivity index (χ0) is 17.2. The molecule has 0 radical (unpaired) electrons. The van der Waals surface area contributed by atoms with Crippen LogP contribution in [0.4, 0.5) is 5.69 Å². The standard InChI is InChI=1S/C21H15Cl2NS/c22-16-9-6-10-17(23)20(16)15-13-25-19-12-5-4-11-18(19)24-21(15)14-7-2-1-3-8-14/h1-12,15H,13H2. The van der Waals surface area contributed by atoms with Gasteiger partial charge in [-0.1, -0.05) is 71.7 Å². The monoisotopic (exact) mass is 383 g/mol. The van der Waals surface area contributed by atoms with E-state index in [-0.39, 0.29) is 5.92 Å². The van der Waals surface area contributed by atoms with Crippen molar-refractivity contribution in [2.45, 2.75) is 10.8 Å². The zero-order valence-corrected chi connectivity index (χ0v) is 15.7. The Labute approximate surface area is 161 Å². The lowest BCUT2D eigenvalue weighted by Gasteiger charge is -2.20. The molecule has 4 heteroatoms. The Kier molecular flexibility index (Phi) is 4.85. The number of para-hydroxylation sites is 1. The summed E-state index contributed by atoms with van der Waals surface area (Å²) in [6.07, 6.45) is 0. The summed E-state index contributed by atoms with van der Waals surface area (Å²) in [5.74, 6) is 0.870. The van der Waals surface area contributed by atoms with E-state index in [2.05, 4.69) is 24.3 Å². The number of nitrogens with zero attached hydrogens (tertiary/aromatic N) is 1. The Hall–Kier alpha value is -1.74. The third-order valence-corrected chi connectivity index (χ3v) is 6.07. The molecule has 0 aliphatic carbocycles. The highest BCUT2D eigenvalue weighted by molar-refractivity contribution is 7.99. The Morgan fingerprint density at radius 3 is 2.24 bits per heavy atom. The molecule has 1 heterocycles. The molecule has 0 saturated carbocycles. The fourth-order valence-electron chi connectivity index (χ4n) is 3.07. The van der Waals surface area contributed by atoms with Gasteiger partial charge in [0.15, 0.2) is 0 Å². The van der Waals surface area contributed by atoms with Gasteiger partial charge < -0.3 is 0 Å². The van der Waals surface area contributed by atoms with E-state index in [9.17, 15) is 0 Å². The maximum absolute atomic E-state index is 6.53. The number of aliphatic imine (C=N–C) groups is 1. The topological polar surface area (TPSA) is 12.4 Å². The zero-order valence-electron chi connectivity index (χ0n) is 13.3. The molecule has 1 aliphatic heterocycles. The molecule has 1 unspecified atom stereocenters. The van der Waals surface area contributed by atoms with Crippen molar-refractivity contribution in [1.29, 1.82) is 0 Å². The van der Waals surface area contributed by atoms with Gasteiger partial charge in [-0.2, -0.15) is 0 Å². The number of thioether (sulfide) groups is 1. The first-order valence-corrected chi connectivity index (χ1v) is 9.78. The minimum absolute atomic E-state index is 0.0287. The Morgan fingerprint density at radius 2 is 1.48 bits per heavy atom. The average Bonchev–Trinajstić information content (AvgIpc) is 2.82. The first-order chi connectivity index (χ1) is 12.2. The number of fused-ring (bicyclic) bond motifs is 1. The second kappa shape index (κ2) is 7.25. The molecule has 25 heavy (non-hydrogen) atoms. The van der Waals surface area contributed by atoms with Crippen molar-refractivity contribution in [3.63, 3.8) is 0 Å². The molecule has 0 aromatic heterocycles. The average molecular weight is 384 g/mol. The second-order valence-corrected chi connectivity index (χ2v) is 7.71. The predicted molar refractivity (Wildman–Crippen MR) is 109 cm³/mol. The molecule has 0 N–H and O–H groups in total. The smallest absolute Gasteiger partial charge is 0.0769 e. The van der Waals surface area contributed by atoms with E-state index in [0.717, 1.165) is 28.3 Å². The molecule has 1 nitrogen and oxygen atoms in total. The van der Waals surface area contributed by atoms with Gasteiger partial charge in [0, 0.05) is 26.6 Å². The number of rotatable bonds is 2. The number of hydrogen-bond acceptors (Lipinski definition) is 2. The fraction of sp³-hybridized carbons (Fsp3) is 0.0952. The number of hydrogen-bond donors (Lipinski definition) is 0. The van der Waals surface area contributed by atoms with Crippen LogP contribution in [0.15, 0.2) is 82.7 Å². The molecule has 4 rings (SSSR count). The summed E-state index contributed by atoms with van der Waals surface area (Å²) in [6, 6.07) is 24.2. The molecule has 3 aromatic carbocycles. The Balaban J connectivity index is 1.92. The van der Waals surface area contributed by atoms with Gasteiger partial charge >= 0.3 is 0 Å². The highest BCUT2D eigenvalue weighted by Gasteiger charge is 2.27. The van der Waals surface area contributed by atoms with E-state index in [1.165, 1.54) is 4.90 Å². The molecule has 0 fully saturated rings. The molecule has 1 atom stereocenters. The van der Waals surface area contributed by atoms with Gasteiger partial charge in [0.25, 0.3) is 0 Å². The van der Waals surface area contributed by atoms with Crippen LogP contribution in [0.25, 0.3) is 0 Å². The van der Waals surface area contributed by atoms with Gasteiger partial charge in [-0.3, -0.25) is 4.99 Å². The lowest BCUT2D eigenvalue weighted by molar-refractivity contribution is 1.04. The lowest BCUT2D eigenvalue weighted by atomic mass is 9.91. The first kappa shape index (κ1) is 16.7. The highest BCUT2D eigenvalue weighted by atomic mass is 35.5. The van der Waals surface area contributed by atoms with Crippen molar-refractivity contribution in [3.8, 4) is 0 Å². The first-order valence-electron chi connectivity index (χ1n) is 8.04. The van der Waals surface area contributed by atoms with E-state index in [4.69, 9.17) is 28.2 Å². The van der Waals surface area contributed by atoms with Crippen molar-refractivity contribution < 1.29 is 0 Å². The van der Waals surface area contributed by atoms with Gasteiger partial charge in [0.2, 0.25) is 0 Å². The maximum Gasteiger partial charge on any atom is 0.0769 e. The van der Waals surface area contributed by atoms with Crippen LogP contribution in [-0.2, 0) is 0 Å². The summed E-state index contributed by atoms with van der Waals surface area (Å²) in [5.41, 5.74) is 4.06. The number of benzene rings is 3. The van der Waals surface area contributed by atoms with Crippen molar-refractivity contribution in [2.75, 3.05) is 5.75 Å². The van der Waals surface area contributed by atoms with Crippen molar-refractivity contribution in [3.05, 3.63) is 94.0 Å². The van der Waals surface area contributed by atoms with Crippen molar-refractivity contribution in [1.82, 2.24) is 0 Å². The van der Waals surface area contributed by atoms with E-state index in [1.807, 2.05) is 48.5 Å². The van der Waals surface area contributed by atoms with Gasteiger partial charge in [0.05, 0.1) is 11.4 Å². The van der Waals surface area contributed by atoms with Crippen LogP contribution in [0, 0.1) is 0 Å². The minimum atomic E-state index is 0.0287. The van der Waals surface area contributed by atoms with Crippen molar-refractivity contribution in [2.24, 2.45) is 4.99 Å². The fourth-order valence-corrected chi connectivity index (χ4v) is 4.84. The van der Waals surface area contributed by atoms with Gasteiger partial charge in [-0.05, 0) is 35.4 Å². The molecular weight excluding hydrogens is 369 g/mol. The van der Waals surface area contributed by atoms with Crippen LogP contribution in [0.2, 0.25) is 10.0 Å². The summed E-state index contributed by atoms with van der Waals surface area (Å²) in [5, 5.41) is 1.38. The third kappa shape index (κ3) is 3.35. The SMILES string of the molecule is Clc1cccc(Cl)c1C1CSc2ccccc2N=C1c1ccccc1. The molecule has 1 aliphatic rings. The molecule has 0 bridgehead atoms. The lowest BCUT2D eigenvalue weighted by Crippen LogP contribution is -2.16. The predicted octanol–water partition coefficient (Wildman–Crippen LogP) is 7.00. The van der Waals surface area contributed by atoms with E-state index < -0.39 is 0 Å². The summed E-state index contributed by atoms with van der Waals surface area (Å²) < 4.78 is 0. The summed E-state index contributed by atoms with van der Waals surface area (Å²) in [7, 11) is 0. The van der Waals surface area contributed by atoms with Gasteiger partial charge in [-0.15, -0.1) is 11.8 Å². The Bertz CT molecular complexity index is 917. The molecule has 124 valence electrons. The van der Waals surface area contributed by atoms with Crippen molar-refractivity contribution >= 4 is 46.4 Å². The summed E-state index contributed by atoms with van der Waals surface area (Å²) in [4.78, 5) is 6.21. The van der Waals surface area contributed by atoms with Crippen LogP contribution in [0.3, 0.4) is 0 Å². The van der Waals surface area contributed by atoms with Gasteiger partial charge in [-0.25, -0.2) is 0 Å². The normalized spacial score (nSPS) is 16.7. The maximum atomic E-state index is 6.53. The van der Waals surface area contributed by atoms with Crippen LogP contribution >= 0.6 is 35.0 Å². The third-order valence-electron chi connectivity index (χ3n) is 4.26. The molecule has 0 saturated heterocycles. The largest absolute Gasteiger partial charge is 0.251 e. The van der Waals surface area contributed by atoms with Crippen LogP contribution < -0.4 is 0 Å².